The molecule has 1 heterocycles. The molecule has 0 radical (unpaired) electrons. The summed E-state index contributed by atoms with van der Waals surface area (Å²) in [6.45, 7) is 1.65. The molecule has 0 amide bonds. The largest absolute Gasteiger partial charge is 0.391 e. The van der Waals surface area contributed by atoms with Gasteiger partial charge in [-0.05, 0) is 31.0 Å². The summed E-state index contributed by atoms with van der Waals surface area (Å²) < 4.78 is 0. The molecule has 1 aliphatic rings. The third-order valence-electron chi connectivity index (χ3n) is 2.66. The first-order valence-corrected chi connectivity index (χ1v) is 5.80. The van der Waals surface area contributed by atoms with Gasteiger partial charge in [-0.2, -0.15) is 0 Å². The maximum absolute atomic E-state index is 9.56. The molecule has 1 aromatic carbocycles. The first-order chi connectivity index (χ1) is 7.16. The van der Waals surface area contributed by atoms with E-state index in [9.17, 15) is 5.11 Å². The third kappa shape index (κ3) is 2.57. The number of piperidine rings is 1. The molecular formula is C11H13Cl2NO. The van der Waals surface area contributed by atoms with Crippen molar-refractivity contribution in [2.75, 3.05) is 18.0 Å². The van der Waals surface area contributed by atoms with Crippen molar-refractivity contribution >= 4 is 28.9 Å². The van der Waals surface area contributed by atoms with Crippen molar-refractivity contribution in [1.29, 1.82) is 0 Å². The molecule has 0 saturated carbocycles. The number of nitrogens with zero attached hydrogens (tertiary/aromatic N) is 1. The van der Waals surface area contributed by atoms with Gasteiger partial charge in [-0.1, -0.05) is 23.2 Å². The fourth-order valence-electron chi connectivity index (χ4n) is 1.87. The van der Waals surface area contributed by atoms with Gasteiger partial charge in [0.15, 0.2) is 0 Å². The van der Waals surface area contributed by atoms with Crippen molar-refractivity contribution in [1.82, 2.24) is 0 Å². The van der Waals surface area contributed by atoms with Crippen molar-refractivity contribution in [3.05, 3.63) is 28.2 Å². The Morgan fingerprint density at radius 1 is 1.27 bits per heavy atom. The lowest BCUT2D eigenvalue weighted by Crippen LogP contribution is -2.38. The highest BCUT2D eigenvalue weighted by atomic mass is 35.5. The molecule has 1 saturated heterocycles. The van der Waals surface area contributed by atoms with Crippen LogP contribution in [0.25, 0.3) is 0 Å². The van der Waals surface area contributed by atoms with Crippen molar-refractivity contribution < 1.29 is 5.11 Å². The third-order valence-corrected chi connectivity index (χ3v) is 3.40. The number of benzene rings is 1. The SMILES string of the molecule is OC1CCCN(c2ccc(Cl)c(Cl)c2)C1. The molecule has 0 aliphatic carbocycles. The second kappa shape index (κ2) is 4.60. The van der Waals surface area contributed by atoms with E-state index in [0.717, 1.165) is 25.1 Å². The summed E-state index contributed by atoms with van der Waals surface area (Å²) in [4.78, 5) is 2.14. The van der Waals surface area contributed by atoms with Crippen LogP contribution in [0.1, 0.15) is 12.8 Å². The quantitative estimate of drug-likeness (QED) is 0.823. The van der Waals surface area contributed by atoms with Crippen LogP contribution < -0.4 is 4.90 Å². The van der Waals surface area contributed by atoms with Crippen molar-refractivity contribution in [3.63, 3.8) is 0 Å². The summed E-state index contributed by atoms with van der Waals surface area (Å²) in [5.41, 5.74) is 1.03. The Labute approximate surface area is 99.4 Å². The van der Waals surface area contributed by atoms with E-state index in [-0.39, 0.29) is 6.10 Å². The molecule has 82 valence electrons. The molecular weight excluding hydrogens is 233 g/mol. The smallest absolute Gasteiger partial charge is 0.0715 e. The Bertz CT molecular complexity index is 356. The minimum absolute atomic E-state index is 0.229. The number of aliphatic hydroxyl groups excluding tert-OH is 1. The van der Waals surface area contributed by atoms with Crippen molar-refractivity contribution in [2.24, 2.45) is 0 Å². The number of rotatable bonds is 1. The van der Waals surface area contributed by atoms with Gasteiger partial charge >= 0.3 is 0 Å². The van der Waals surface area contributed by atoms with E-state index in [1.165, 1.54) is 0 Å². The first kappa shape index (κ1) is 11.1. The van der Waals surface area contributed by atoms with Crippen LogP contribution >= 0.6 is 23.2 Å². The monoisotopic (exact) mass is 245 g/mol. The van der Waals surface area contributed by atoms with Crippen LogP contribution in [0, 0.1) is 0 Å². The summed E-state index contributed by atoms with van der Waals surface area (Å²) >= 11 is 11.8. The van der Waals surface area contributed by atoms with Gasteiger partial charge < -0.3 is 10.0 Å². The van der Waals surface area contributed by atoms with E-state index in [2.05, 4.69) is 4.90 Å². The topological polar surface area (TPSA) is 23.5 Å². The molecule has 1 unspecified atom stereocenters. The van der Waals surface area contributed by atoms with E-state index in [1.54, 1.807) is 6.07 Å². The first-order valence-electron chi connectivity index (χ1n) is 5.05. The summed E-state index contributed by atoms with van der Waals surface area (Å²) in [5, 5.41) is 10.7. The number of aliphatic hydroxyl groups is 1. The van der Waals surface area contributed by atoms with Crippen LogP contribution in [0.2, 0.25) is 10.0 Å². The predicted molar refractivity (Wildman–Crippen MR) is 63.9 cm³/mol. The predicted octanol–water partition coefficient (Wildman–Crippen LogP) is 2.95. The minimum Gasteiger partial charge on any atom is -0.391 e. The maximum atomic E-state index is 9.56. The molecule has 2 nitrogen and oxygen atoms in total. The molecule has 2 rings (SSSR count). The fourth-order valence-corrected chi connectivity index (χ4v) is 2.16. The van der Waals surface area contributed by atoms with E-state index in [1.807, 2.05) is 12.1 Å². The van der Waals surface area contributed by atoms with Crippen molar-refractivity contribution in [3.8, 4) is 0 Å². The Balaban J connectivity index is 2.18. The van der Waals surface area contributed by atoms with Crippen LogP contribution in [-0.4, -0.2) is 24.3 Å². The van der Waals surface area contributed by atoms with Gasteiger partial charge in [0.05, 0.1) is 16.1 Å². The average Bonchev–Trinajstić information content (AvgIpc) is 2.22. The lowest BCUT2D eigenvalue weighted by atomic mass is 10.1. The number of hydrogen-bond donors (Lipinski definition) is 1. The van der Waals surface area contributed by atoms with Crippen LogP contribution in [0.4, 0.5) is 5.69 Å². The normalized spacial score (nSPS) is 21.8. The highest BCUT2D eigenvalue weighted by molar-refractivity contribution is 6.42. The summed E-state index contributed by atoms with van der Waals surface area (Å²) in [6.07, 6.45) is 1.67. The Kier molecular flexibility index (Phi) is 3.39. The van der Waals surface area contributed by atoms with Gasteiger partial charge in [0, 0.05) is 18.8 Å². The lowest BCUT2D eigenvalue weighted by Gasteiger charge is -2.32. The van der Waals surface area contributed by atoms with E-state index in [4.69, 9.17) is 23.2 Å². The zero-order chi connectivity index (χ0) is 10.8. The second-order valence-electron chi connectivity index (χ2n) is 3.84. The minimum atomic E-state index is -0.229. The van der Waals surface area contributed by atoms with Gasteiger partial charge in [-0.15, -0.1) is 0 Å². The Morgan fingerprint density at radius 3 is 2.73 bits per heavy atom. The summed E-state index contributed by atoms with van der Waals surface area (Å²) in [7, 11) is 0. The highest BCUT2D eigenvalue weighted by Crippen LogP contribution is 2.28. The lowest BCUT2D eigenvalue weighted by molar-refractivity contribution is 0.154. The van der Waals surface area contributed by atoms with Gasteiger partial charge in [-0.25, -0.2) is 0 Å². The molecule has 0 bridgehead atoms. The Morgan fingerprint density at radius 2 is 2.07 bits per heavy atom. The van der Waals surface area contributed by atoms with E-state index >= 15 is 0 Å². The summed E-state index contributed by atoms with van der Waals surface area (Å²) in [6, 6.07) is 5.58. The zero-order valence-electron chi connectivity index (χ0n) is 8.29. The molecule has 0 aromatic heterocycles. The Hall–Kier alpha value is -0.440. The number of β-amino-alcohol motifs (C(OH)–C–C–N with tert-alkyl or cyclic N) is 1. The number of halogens is 2. The fraction of sp³-hybridized carbons (Fsp3) is 0.455. The molecule has 4 heteroatoms. The molecule has 0 spiro atoms. The second-order valence-corrected chi connectivity index (χ2v) is 4.65. The van der Waals surface area contributed by atoms with Crippen LogP contribution in [0.3, 0.4) is 0 Å². The number of anilines is 1. The van der Waals surface area contributed by atoms with Crippen LogP contribution in [0.15, 0.2) is 18.2 Å². The van der Waals surface area contributed by atoms with Gasteiger partial charge in [0.2, 0.25) is 0 Å². The highest BCUT2D eigenvalue weighted by Gasteiger charge is 2.18. The van der Waals surface area contributed by atoms with Gasteiger partial charge in [0.1, 0.15) is 0 Å². The van der Waals surface area contributed by atoms with Gasteiger partial charge in [0.25, 0.3) is 0 Å². The maximum Gasteiger partial charge on any atom is 0.0715 e. The molecule has 15 heavy (non-hydrogen) atoms. The molecule has 1 aliphatic heterocycles. The zero-order valence-corrected chi connectivity index (χ0v) is 9.80. The summed E-state index contributed by atoms with van der Waals surface area (Å²) in [5.74, 6) is 0. The molecule has 1 N–H and O–H groups in total. The molecule has 1 aromatic rings. The van der Waals surface area contributed by atoms with Gasteiger partial charge in [-0.3, -0.25) is 0 Å². The van der Waals surface area contributed by atoms with Crippen LogP contribution in [-0.2, 0) is 0 Å². The van der Waals surface area contributed by atoms with E-state index in [0.29, 0.717) is 16.6 Å². The van der Waals surface area contributed by atoms with Crippen molar-refractivity contribution in [2.45, 2.75) is 18.9 Å². The number of hydrogen-bond acceptors (Lipinski definition) is 2. The average molecular weight is 246 g/mol. The van der Waals surface area contributed by atoms with Crippen LogP contribution in [0.5, 0.6) is 0 Å². The standard InChI is InChI=1S/C11H13Cl2NO/c12-10-4-3-8(6-11(10)13)14-5-1-2-9(15)7-14/h3-4,6,9,15H,1-2,5,7H2. The van der Waals surface area contributed by atoms with E-state index < -0.39 is 0 Å². The molecule has 1 atom stereocenters. The molecule has 1 fully saturated rings.